The molecule has 0 aliphatic rings. The molecule has 0 saturated carbocycles. The number of halogens is 15. The van der Waals surface area contributed by atoms with E-state index in [4.69, 9.17) is 66.0 Å². The van der Waals surface area contributed by atoms with Gasteiger partial charge in [-0.15, -0.1) is 0 Å². The molecule has 668 valence electrons. The van der Waals surface area contributed by atoms with Crippen molar-refractivity contribution in [3.63, 3.8) is 0 Å². The second kappa shape index (κ2) is 46.9. The molecule has 5 rings (SSSR count). The minimum Gasteiger partial charge on any atom is -0.748 e. The van der Waals surface area contributed by atoms with Crippen LogP contribution in [0.2, 0.25) is 0 Å². The number of nitrogens with one attached hydrogen (secondary N) is 1. The summed E-state index contributed by atoms with van der Waals surface area (Å²) < 4.78 is 390. The van der Waals surface area contributed by atoms with Crippen molar-refractivity contribution in [2.24, 2.45) is 0 Å². The lowest BCUT2D eigenvalue weighted by Crippen LogP contribution is -2.39. The fourth-order valence-corrected chi connectivity index (χ4v) is 11.8. The number of methoxy groups -OCH3 is 2. The zero-order chi connectivity index (χ0) is 95.5. The number of anilines is 1. The van der Waals surface area contributed by atoms with Gasteiger partial charge in [0.05, 0.1) is 157 Å². The van der Waals surface area contributed by atoms with Crippen molar-refractivity contribution in [3.8, 4) is 23.0 Å². The van der Waals surface area contributed by atoms with Crippen molar-refractivity contribution in [1.29, 1.82) is 0 Å². The van der Waals surface area contributed by atoms with Crippen LogP contribution in [-0.2, 0) is 127 Å². The van der Waals surface area contributed by atoms with Gasteiger partial charge in [0.1, 0.15) is 34.1 Å². The number of hydrogen-bond donors (Lipinski definition) is 1. The lowest BCUT2D eigenvalue weighted by molar-refractivity contribution is -0.197. The summed E-state index contributed by atoms with van der Waals surface area (Å²) in [5.74, 6) is -20.0. The van der Waals surface area contributed by atoms with Crippen LogP contribution in [0.5, 0.6) is 23.0 Å². The second-order valence-electron chi connectivity index (χ2n) is 23.8. The number of ether oxygens (including phenoxy) is 9. The Balaban J connectivity index is 0.000000770. The molecule has 5 aromatic carbocycles. The molecular weight excluding hydrogens is 1800 g/mol. The van der Waals surface area contributed by atoms with E-state index in [1.807, 2.05) is 0 Å². The van der Waals surface area contributed by atoms with Gasteiger partial charge in [0, 0.05) is 26.5 Å². The molecule has 0 saturated heterocycles. The topological polar surface area (TPSA) is 518 Å². The Hall–Kier alpha value is -9.65. The van der Waals surface area contributed by atoms with Crippen LogP contribution in [0.25, 0.3) is 0 Å². The minimum absolute atomic E-state index is 0.0107. The fraction of sp³-hybridized carbons (Fsp3) is 0.406. The minimum atomic E-state index is -5.33. The van der Waals surface area contributed by atoms with E-state index in [1.165, 1.54) is 50.6 Å². The van der Waals surface area contributed by atoms with Gasteiger partial charge in [-0.2, -0.15) is 65.9 Å². The Labute approximate surface area is 696 Å². The van der Waals surface area contributed by atoms with E-state index in [1.54, 1.807) is 0 Å². The van der Waals surface area contributed by atoms with Crippen molar-refractivity contribution >= 4 is 151 Å². The maximum absolute atomic E-state index is 12.9. The van der Waals surface area contributed by atoms with Crippen molar-refractivity contribution in [2.45, 2.75) is 120 Å². The Bertz CT molecular complexity index is 5170. The van der Waals surface area contributed by atoms with Crippen LogP contribution in [-0.4, -0.2) is 264 Å². The van der Waals surface area contributed by atoms with Crippen LogP contribution in [0.3, 0.4) is 0 Å². The van der Waals surface area contributed by atoms with Crippen LogP contribution in [0.1, 0.15) is 106 Å². The number of benzene rings is 5. The van der Waals surface area contributed by atoms with Gasteiger partial charge in [0.15, 0.2) is 0 Å². The van der Waals surface area contributed by atoms with Gasteiger partial charge in [-0.3, -0.25) is 14.4 Å². The molecule has 0 bridgehead atoms. The Morgan fingerprint density at radius 1 is 0.333 bits per heavy atom. The Morgan fingerprint density at radius 3 is 0.886 bits per heavy atom. The lowest BCUT2D eigenvalue weighted by atomic mass is 9.87. The first kappa shape index (κ1) is 111. The summed E-state index contributed by atoms with van der Waals surface area (Å²) in [4.78, 5) is 92.8. The van der Waals surface area contributed by atoms with E-state index in [0.717, 1.165) is 69.3 Å². The standard InChI is InChI=1S/C14H14B2F3NO6S.2C13H12BF3O7S.2C12H12BF3O6S/c1-7(21)20-11-3-10(8(4-15)2-9(11)5-16)13(22)26-12(14(17,18)19)6-27(23,24)25;1-7(18)23-10-4-8(2-3-9(10)5-14)12(19)24-11(13(15,16)17)6-25(20,21)22;1-7(18)23-10-4-8(5-14)2-3-9(10)12(19)24-11(13(15,16)17)6-25(20,21)22;1-21-9-4-7(2-3-8(9)5-13)11(17)22-10(12(14,15)16)6-23(18,19)20;1-21-9-4-7(5-13)2-3-8(9)11(17)22-10(12(14,15)16)6-23(18,19)20/h2-3,12H,4-6H2,1H3,(H,20,21)(H,23,24,25);2*2-4,11H,5-6H2,1H3,(H,20,21,22);2*2-4,10H,5-6H2,1H3,(H,18,19,20)/p-5. The third-order valence-electron chi connectivity index (χ3n) is 14.1. The number of carbonyl (C=O) groups excluding carboxylic acids is 8. The van der Waals surface area contributed by atoms with Gasteiger partial charge >= 0.3 is 72.7 Å². The van der Waals surface area contributed by atoms with Crippen LogP contribution >= 0.6 is 0 Å². The molecule has 1 amide bonds. The first-order chi connectivity index (χ1) is 55.9. The van der Waals surface area contributed by atoms with Gasteiger partial charge in [-0.05, 0) is 76.9 Å². The molecule has 12 radical (unpaired) electrons. The molecule has 5 aromatic rings. The van der Waals surface area contributed by atoms with Crippen molar-refractivity contribution in [2.75, 3.05) is 48.3 Å². The van der Waals surface area contributed by atoms with Crippen LogP contribution in [0, 0.1) is 0 Å². The molecule has 0 aromatic heterocycles. The summed E-state index contributed by atoms with van der Waals surface area (Å²) in [6, 6.07) is 16.4. The highest BCUT2D eigenvalue weighted by atomic mass is 32.2. The third kappa shape index (κ3) is 41.6. The van der Waals surface area contributed by atoms with Gasteiger partial charge in [0.2, 0.25) is 36.4 Å². The number of amides is 1. The van der Waals surface area contributed by atoms with Crippen LogP contribution in [0.4, 0.5) is 71.5 Å². The fourth-order valence-electron chi connectivity index (χ4n) is 8.68. The summed E-state index contributed by atoms with van der Waals surface area (Å²) in [7, 11) is 8.57. The summed E-state index contributed by atoms with van der Waals surface area (Å²) in [6.45, 7) is 3.21. The number of alkyl halides is 15. The lowest BCUT2D eigenvalue weighted by Gasteiger charge is -2.23. The quantitative estimate of drug-likeness (QED) is 0.0160. The molecule has 33 nitrogen and oxygen atoms in total. The number of rotatable bonds is 31. The molecule has 5 unspecified atom stereocenters. The molecule has 0 spiro atoms. The largest absolute Gasteiger partial charge is 0.748 e. The van der Waals surface area contributed by atoms with Crippen LogP contribution in [0.15, 0.2) is 84.9 Å². The van der Waals surface area contributed by atoms with Gasteiger partial charge in [-0.1, -0.05) is 79.4 Å². The molecule has 0 aliphatic carbocycles. The van der Waals surface area contributed by atoms with E-state index < -0.39 is 211 Å². The van der Waals surface area contributed by atoms with E-state index in [2.05, 4.69) is 29.0 Å². The number of hydrogen-bond acceptors (Lipinski definition) is 32. The van der Waals surface area contributed by atoms with Crippen molar-refractivity contribution in [3.05, 3.63) is 146 Å². The highest BCUT2D eigenvalue weighted by Gasteiger charge is 2.49. The average Bonchev–Trinajstić information content (AvgIpc) is 0.818. The number of carbonyl (C=O) groups is 8. The summed E-state index contributed by atoms with van der Waals surface area (Å²) in [5.41, 5.74) is 0.0899. The van der Waals surface area contributed by atoms with Gasteiger partial charge < -0.3 is 70.7 Å². The van der Waals surface area contributed by atoms with E-state index in [0.29, 0.717) is 27.8 Å². The van der Waals surface area contributed by atoms with E-state index in [9.17, 15) is 169 Å². The molecule has 123 heavy (non-hydrogen) atoms. The first-order valence-corrected chi connectivity index (χ1v) is 40.5. The molecule has 1 N–H and O–H groups in total. The third-order valence-corrected chi connectivity index (χ3v) is 17.7. The summed E-state index contributed by atoms with van der Waals surface area (Å²) >= 11 is 0. The number of esters is 7. The highest BCUT2D eigenvalue weighted by molar-refractivity contribution is 7.86. The van der Waals surface area contributed by atoms with Crippen LogP contribution < -0.4 is 24.3 Å². The Morgan fingerprint density at radius 2 is 0.610 bits per heavy atom. The zero-order valence-corrected chi connectivity index (χ0v) is 67.1. The Kier molecular flexibility index (Phi) is 42.5. The SMILES string of the molecule is [B]Cc1cc(C[B])c(C(=O)OC(CS(=O)(=O)[O-])C(F)(F)F)cc1NC(C)=O.[B]Cc1ccc(C(=O)OC(CS(=O)(=O)[O-])C(F)(F)F)c(OC(C)=O)c1.[B]Cc1ccc(C(=O)OC(CS(=O)(=O)[O-])C(F)(F)F)c(OC)c1.[B]Cc1ccc(C(=O)OC(CS(=O)(=O)[O-])C(F)(F)F)cc1OC.[B]Cc1ccc(C(=O)OC(CS(=O)(=O)[O-])C(F)(F)F)cc1OC(C)=O. The molecular formula is C64H57B6F15NO32S5-5. The second-order valence-corrected chi connectivity index (χ2v) is 31.0. The smallest absolute Gasteiger partial charge is 0.426 e. The molecule has 0 heterocycles. The van der Waals surface area contributed by atoms with Crippen molar-refractivity contribution in [1.82, 2.24) is 0 Å². The van der Waals surface area contributed by atoms with Crippen molar-refractivity contribution < 1.29 is 212 Å². The zero-order valence-electron chi connectivity index (χ0n) is 63.0. The maximum atomic E-state index is 12.9. The first-order valence-electron chi connectivity index (χ1n) is 32.6. The summed E-state index contributed by atoms with van der Waals surface area (Å²) in [6.07, 6.45) is -42.1. The molecule has 0 aliphatic heterocycles. The highest BCUT2D eigenvalue weighted by Crippen LogP contribution is 2.34. The molecule has 5 atom stereocenters. The van der Waals surface area contributed by atoms with Gasteiger partial charge in [0.25, 0.3) is 0 Å². The van der Waals surface area contributed by atoms with E-state index >= 15 is 0 Å². The molecule has 59 heteroatoms. The predicted octanol–water partition coefficient (Wildman–Crippen LogP) is 4.43. The van der Waals surface area contributed by atoms with E-state index in [-0.39, 0.29) is 77.5 Å². The van der Waals surface area contributed by atoms with Gasteiger partial charge in [-0.25, -0.2) is 66.1 Å². The predicted molar refractivity (Wildman–Crippen MR) is 388 cm³/mol. The average molecular weight is 1860 g/mol. The maximum Gasteiger partial charge on any atom is 0.426 e. The molecule has 0 fully saturated rings. The normalized spacial score (nSPS) is 13.2. The monoisotopic (exact) mass is 1860 g/mol. The summed E-state index contributed by atoms with van der Waals surface area (Å²) in [5, 5.41) is 2.36.